The highest BCUT2D eigenvalue weighted by Crippen LogP contribution is 2.15. The number of amidine groups is 1. The summed E-state index contributed by atoms with van der Waals surface area (Å²) >= 11 is 0. The maximum atomic E-state index is 8.10. The molecule has 108 valence electrons. The molecule has 0 aromatic rings. The molecule has 0 spiro atoms. The predicted octanol–water partition coefficient (Wildman–Crippen LogP) is 3.60. The summed E-state index contributed by atoms with van der Waals surface area (Å²) in [5.74, 6) is 1.37. The van der Waals surface area contributed by atoms with Crippen molar-refractivity contribution in [2.24, 2.45) is 21.8 Å². The van der Waals surface area contributed by atoms with Crippen LogP contribution in [0.2, 0.25) is 0 Å². The molecule has 0 aromatic carbocycles. The average Bonchev–Trinajstić information content (AvgIpc) is 2.33. The van der Waals surface area contributed by atoms with E-state index in [1.807, 2.05) is 34.2 Å². The number of aliphatic imine (C=N–C) groups is 2. The molecule has 0 amide bonds. The van der Waals surface area contributed by atoms with Gasteiger partial charge in [-0.2, -0.15) is 0 Å². The Kier molecular flexibility index (Phi) is 7.96. The average molecular weight is 264 g/mol. The van der Waals surface area contributed by atoms with Crippen molar-refractivity contribution in [2.45, 2.75) is 41.0 Å². The summed E-state index contributed by atoms with van der Waals surface area (Å²) in [7, 11) is 3.70. The first-order valence-corrected chi connectivity index (χ1v) is 6.85. The molecule has 0 heterocycles. The van der Waals surface area contributed by atoms with Gasteiger partial charge in [-0.3, -0.25) is 15.4 Å². The molecule has 1 unspecified atom stereocenters. The van der Waals surface area contributed by atoms with Crippen molar-refractivity contribution in [3.63, 3.8) is 0 Å². The van der Waals surface area contributed by atoms with Gasteiger partial charge >= 0.3 is 0 Å². The zero-order valence-corrected chi connectivity index (χ0v) is 13.4. The third-order valence-electron chi connectivity index (χ3n) is 3.06. The fourth-order valence-corrected chi connectivity index (χ4v) is 1.71. The van der Waals surface area contributed by atoms with Crippen LogP contribution in [0, 0.1) is 17.2 Å². The number of rotatable bonds is 6. The van der Waals surface area contributed by atoms with E-state index in [9.17, 15) is 0 Å². The number of likely N-dealkylation sites (N-methyl/N-ethyl adjacent to an activating group) is 1. The number of allylic oxidation sites excluding steroid dienone is 1. The van der Waals surface area contributed by atoms with Crippen molar-refractivity contribution in [2.75, 3.05) is 14.1 Å². The van der Waals surface area contributed by atoms with Crippen LogP contribution in [0.1, 0.15) is 41.0 Å². The first-order valence-electron chi connectivity index (χ1n) is 6.85. The maximum absolute atomic E-state index is 8.10. The Morgan fingerprint density at radius 3 is 2.21 bits per heavy atom. The Labute approximate surface area is 117 Å². The summed E-state index contributed by atoms with van der Waals surface area (Å²) in [6.45, 7) is 10.3. The molecule has 0 aliphatic carbocycles. The van der Waals surface area contributed by atoms with Crippen molar-refractivity contribution in [1.29, 1.82) is 5.41 Å². The summed E-state index contributed by atoms with van der Waals surface area (Å²) in [6, 6.07) is 0. The lowest BCUT2D eigenvalue weighted by Gasteiger charge is -2.17. The zero-order chi connectivity index (χ0) is 15.0. The molecule has 0 rings (SSSR count). The number of hydrogen-bond donors (Lipinski definition) is 1. The van der Waals surface area contributed by atoms with Crippen LogP contribution < -0.4 is 0 Å². The van der Waals surface area contributed by atoms with Gasteiger partial charge in [-0.25, -0.2) is 0 Å². The van der Waals surface area contributed by atoms with Crippen molar-refractivity contribution >= 4 is 18.3 Å². The molecule has 19 heavy (non-hydrogen) atoms. The molecule has 4 nitrogen and oxygen atoms in total. The monoisotopic (exact) mass is 264 g/mol. The van der Waals surface area contributed by atoms with E-state index in [1.165, 1.54) is 0 Å². The van der Waals surface area contributed by atoms with E-state index >= 15 is 0 Å². The van der Waals surface area contributed by atoms with Crippen LogP contribution in [0.3, 0.4) is 0 Å². The molecule has 0 radical (unpaired) electrons. The minimum atomic E-state index is 0.387. The Morgan fingerprint density at radius 2 is 1.84 bits per heavy atom. The van der Waals surface area contributed by atoms with Crippen molar-refractivity contribution < 1.29 is 0 Å². The van der Waals surface area contributed by atoms with E-state index in [4.69, 9.17) is 5.41 Å². The van der Waals surface area contributed by atoms with E-state index in [0.717, 1.165) is 12.1 Å². The smallest absolute Gasteiger partial charge is 0.148 e. The molecular weight excluding hydrogens is 236 g/mol. The lowest BCUT2D eigenvalue weighted by Crippen LogP contribution is -2.23. The molecule has 0 aliphatic heterocycles. The van der Waals surface area contributed by atoms with Crippen molar-refractivity contribution in [1.82, 2.24) is 4.90 Å². The van der Waals surface area contributed by atoms with Gasteiger partial charge in [0.25, 0.3) is 0 Å². The van der Waals surface area contributed by atoms with Crippen molar-refractivity contribution in [3.8, 4) is 0 Å². The van der Waals surface area contributed by atoms with Gasteiger partial charge in [-0.1, -0.05) is 20.8 Å². The number of nitrogens with zero attached hydrogens (tertiary/aromatic N) is 3. The summed E-state index contributed by atoms with van der Waals surface area (Å²) in [6.07, 6.45) is 4.75. The molecule has 0 saturated carbocycles. The van der Waals surface area contributed by atoms with Gasteiger partial charge in [0.2, 0.25) is 0 Å². The summed E-state index contributed by atoms with van der Waals surface area (Å²) in [4.78, 5) is 10.5. The first-order chi connectivity index (χ1) is 8.84. The lowest BCUT2D eigenvalue weighted by molar-refractivity contribution is 0.488. The third-order valence-corrected chi connectivity index (χ3v) is 3.06. The van der Waals surface area contributed by atoms with Gasteiger partial charge in [-0.15, -0.1) is 0 Å². The Morgan fingerprint density at radius 1 is 1.26 bits per heavy atom. The number of nitrogens with one attached hydrogen (secondary N) is 1. The summed E-state index contributed by atoms with van der Waals surface area (Å²) in [5, 5.41) is 8.10. The van der Waals surface area contributed by atoms with Crippen LogP contribution >= 0.6 is 0 Å². The van der Waals surface area contributed by atoms with Crippen LogP contribution in [0.25, 0.3) is 0 Å². The highest BCUT2D eigenvalue weighted by atomic mass is 15.1. The van der Waals surface area contributed by atoms with E-state index in [0.29, 0.717) is 23.4 Å². The lowest BCUT2D eigenvalue weighted by atomic mass is 9.95. The molecule has 0 fully saturated rings. The van der Waals surface area contributed by atoms with Gasteiger partial charge in [0, 0.05) is 26.5 Å². The maximum Gasteiger partial charge on any atom is 0.148 e. The van der Waals surface area contributed by atoms with Crippen LogP contribution in [0.5, 0.6) is 0 Å². The minimum absolute atomic E-state index is 0.387. The van der Waals surface area contributed by atoms with E-state index in [2.05, 4.69) is 30.8 Å². The normalized spacial score (nSPS) is 15.2. The molecular formula is C15H28N4. The molecule has 4 heteroatoms. The second kappa shape index (κ2) is 8.62. The highest BCUT2D eigenvalue weighted by Gasteiger charge is 2.12. The second-order valence-electron chi connectivity index (χ2n) is 5.16. The van der Waals surface area contributed by atoms with Crippen LogP contribution in [0.4, 0.5) is 0 Å². The van der Waals surface area contributed by atoms with E-state index in [1.54, 1.807) is 11.1 Å². The van der Waals surface area contributed by atoms with Crippen LogP contribution in [0.15, 0.2) is 21.4 Å². The second-order valence-corrected chi connectivity index (χ2v) is 5.16. The largest absolute Gasteiger partial charge is 0.361 e. The minimum Gasteiger partial charge on any atom is -0.361 e. The van der Waals surface area contributed by atoms with Gasteiger partial charge in [-0.05, 0) is 32.1 Å². The SMILES string of the molecule is CC=N/C(C)=C(/N=CC(CC)C(C)C)C(=N)N(C)C. The topological polar surface area (TPSA) is 51.8 Å². The van der Waals surface area contributed by atoms with E-state index in [-0.39, 0.29) is 0 Å². The fraction of sp³-hybridized carbons (Fsp3) is 0.667. The standard InChI is InChI=1S/C15H28N4/c1-8-13(11(3)4)10-18-14(12(5)17-9-2)15(16)19(6)7/h9-11,13,16H,8H2,1-7H3/b14-12+,16-15?,17-9?,18-10?. The van der Waals surface area contributed by atoms with Gasteiger partial charge in [0.05, 0.1) is 5.70 Å². The third kappa shape index (κ3) is 5.81. The molecule has 0 aliphatic rings. The van der Waals surface area contributed by atoms with Gasteiger partial charge < -0.3 is 4.90 Å². The Bertz CT molecular complexity index is 376. The van der Waals surface area contributed by atoms with Crippen molar-refractivity contribution in [3.05, 3.63) is 11.4 Å². The predicted molar refractivity (Wildman–Crippen MR) is 85.4 cm³/mol. The molecule has 0 saturated heterocycles. The first kappa shape index (κ1) is 17.6. The Hall–Kier alpha value is -1.45. The summed E-state index contributed by atoms with van der Waals surface area (Å²) < 4.78 is 0. The zero-order valence-electron chi connectivity index (χ0n) is 13.4. The van der Waals surface area contributed by atoms with Crippen LogP contribution in [-0.4, -0.2) is 37.3 Å². The Balaban J connectivity index is 5.35. The number of hydrogen-bond acceptors (Lipinski definition) is 3. The molecule has 1 atom stereocenters. The van der Waals surface area contributed by atoms with Gasteiger partial charge in [0.15, 0.2) is 0 Å². The fourth-order valence-electron chi connectivity index (χ4n) is 1.71. The summed E-state index contributed by atoms with van der Waals surface area (Å²) in [5.41, 5.74) is 1.42. The molecule has 0 bridgehead atoms. The van der Waals surface area contributed by atoms with E-state index < -0.39 is 0 Å². The molecule has 1 N–H and O–H groups in total. The highest BCUT2D eigenvalue weighted by molar-refractivity contribution is 5.97. The molecule has 0 aromatic heterocycles. The van der Waals surface area contributed by atoms with Crippen LogP contribution in [-0.2, 0) is 0 Å². The van der Waals surface area contributed by atoms with Gasteiger partial charge in [0.1, 0.15) is 11.5 Å². The quantitative estimate of drug-likeness (QED) is 0.578.